The minimum absolute atomic E-state index is 0.0118. The lowest BCUT2D eigenvalue weighted by Crippen LogP contribution is -2.57. The van der Waals surface area contributed by atoms with E-state index in [1.165, 1.54) is 4.90 Å². The zero-order chi connectivity index (χ0) is 11.4. The molecule has 0 aromatic heterocycles. The minimum Gasteiger partial charge on any atom is -0.480 e. The highest BCUT2D eigenvalue weighted by atomic mass is 35.5. The SMILES string of the molecule is O=C1CN(C/C(Cl)=C/Cl)C(C(=O)O)CN1. The van der Waals surface area contributed by atoms with Gasteiger partial charge in [0.1, 0.15) is 6.04 Å². The van der Waals surface area contributed by atoms with Crippen molar-refractivity contribution in [2.24, 2.45) is 0 Å². The fourth-order valence-corrected chi connectivity index (χ4v) is 1.55. The van der Waals surface area contributed by atoms with Crippen molar-refractivity contribution in [3.05, 3.63) is 10.6 Å². The Morgan fingerprint density at radius 2 is 2.40 bits per heavy atom. The summed E-state index contributed by atoms with van der Waals surface area (Å²) in [6.45, 7) is 0.258. The van der Waals surface area contributed by atoms with Crippen LogP contribution in [0.15, 0.2) is 10.6 Å². The average molecular weight is 253 g/mol. The van der Waals surface area contributed by atoms with E-state index in [-0.39, 0.29) is 25.5 Å². The van der Waals surface area contributed by atoms with Crippen molar-refractivity contribution < 1.29 is 14.7 Å². The maximum Gasteiger partial charge on any atom is 0.322 e. The number of carbonyl (C=O) groups excluding carboxylic acids is 1. The van der Waals surface area contributed by atoms with Gasteiger partial charge in [-0.1, -0.05) is 23.2 Å². The molecule has 2 N–H and O–H groups in total. The first kappa shape index (κ1) is 12.3. The molecule has 1 unspecified atom stereocenters. The molecule has 0 aromatic rings. The second kappa shape index (κ2) is 5.34. The van der Waals surface area contributed by atoms with Crippen LogP contribution in [0.3, 0.4) is 0 Å². The van der Waals surface area contributed by atoms with E-state index >= 15 is 0 Å². The number of piperazine rings is 1. The monoisotopic (exact) mass is 252 g/mol. The van der Waals surface area contributed by atoms with Gasteiger partial charge in [0, 0.05) is 23.7 Å². The first-order valence-corrected chi connectivity index (χ1v) is 5.04. The Hall–Kier alpha value is -0.780. The van der Waals surface area contributed by atoms with E-state index in [0.717, 1.165) is 5.54 Å². The number of carbonyl (C=O) groups is 2. The smallest absolute Gasteiger partial charge is 0.322 e. The van der Waals surface area contributed by atoms with Gasteiger partial charge < -0.3 is 10.4 Å². The molecule has 0 aromatic carbocycles. The third kappa shape index (κ3) is 3.37. The topological polar surface area (TPSA) is 69.6 Å². The molecule has 1 aliphatic rings. The molecule has 1 saturated heterocycles. The van der Waals surface area contributed by atoms with E-state index in [0.29, 0.717) is 5.03 Å². The standard InChI is InChI=1S/C8H10Cl2N2O3/c9-1-5(10)3-12-4-7(13)11-2-6(12)8(14)15/h1,6H,2-4H2,(H,11,13)(H,14,15)/b5-1-. The van der Waals surface area contributed by atoms with Crippen LogP contribution in [-0.2, 0) is 9.59 Å². The fourth-order valence-electron chi connectivity index (χ4n) is 1.33. The van der Waals surface area contributed by atoms with E-state index < -0.39 is 12.0 Å². The van der Waals surface area contributed by atoms with Crippen molar-refractivity contribution in [1.29, 1.82) is 0 Å². The highest BCUT2D eigenvalue weighted by Crippen LogP contribution is 2.11. The zero-order valence-electron chi connectivity index (χ0n) is 7.74. The van der Waals surface area contributed by atoms with Crippen LogP contribution >= 0.6 is 23.2 Å². The van der Waals surface area contributed by atoms with Gasteiger partial charge in [0.25, 0.3) is 0 Å². The molecule has 84 valence electrons. The van der Waals surface area contributed by atoms with Crippen molar-refractivity contribution in [2.45, 2.75) is 6.04 Å². The summed E-state index contributed by atoms with van der Waals surface area (Å²) in [5.74, 6) is -1.21. The molecule has 15 heavy (non-hydrogen) atoms. The number of carboxylic acids is 1. The Labute approximate surface area is 96.6 Å². The molecule has 1 aliphatic heterocycles. The number of halogens is 2. The van der Waals surface area contributed by atoms with Gasteiger partial charge in [-0.2, -0.15) is 0 Å². The summed E-state index contributed by atoms with van der Waals surface area (Å²) in [7, 11) is 0. The third-order valence-corrected chi connectivity index (χ3v) is 2.64. The van der Waals surface area contributed by atoms with Crippen molar-refractivity contribution in [3.63, 3.8) is 0 Å². The van der Waals surface area contributed by atoms with Gasteiger partial charge in [-0.25, -0.2) is 0 Å². The molecule has 1 heterocycles. The van der Waals surface area contributed by atoms with Gasteiger partial charge in [0.2, 0.25) is 5.91 Å². The average Bonchev–Trinajstić information content (AvgIpc) is 2.17. The van der Waals surface area contributed by atoms with Gasteiger partial charge in [0.15, 0.2) is 0 Å². The highest BCUT2D eigenvalue weighted by Gasteiger charge is 2.31. The molecule has 0 bridgehead atoms. The first-order valence-electron chi connectivity index (χ1n) is 4.23. The fraction of sp³-hybridized carbons (Fsp3) is 0.500. The van der Waals surface area contributed by atoms with Crippen molar-refractivity contribution in [3.8, 4) is 0 Å². The summed E-state index contributed by atoms with van der Waals surface area (Å²) in [6, 6.07) is -0.756. The maximum atomic E-state index is 11.1. The molecule has 1 amide bonds. The molecule has 0 spiro atoms. The lowest BCUT2D eigenvalue weighted by molar-refractivity contribution is -0.145. The number of aliphatic carboxylic acids is 1. The molecule has 1 atom stereocenters. The van der Waals surface area contributed by atoms with Gasteiger partial charge in [0.05, 0.1) is 6.54 Å². The van der Waals surface area contributed by atoms with Gasteiger partial charge in [-0.05, 0) is 0 Å². The number of rotatable bonds is 3. The van der Waals surface area contributed by atoms with Crippen LogP contribution in [0.2, 0.25) is 0 Å². The van der Waals surface area contributed by atoms with Crippen LogP contribution in [0, 0.1) is 0 Å². The molecule has 5 nitrogen and oxygen atoms in total. The van der Waals surface area contributed by atoms with Crippen LogP contribution < -0.4 is 5.32 Å². The summed E-state index contributed by atoms with van der Waals surface area (Å²) in [6.07, 6.45) is 0. The van der Waals surface area contributed by atoms with Crippen LogP contribution in [0.5, 0.6) is 0 Å². The predicted molar refractivity (Wildman–Crippen MR) is 55.8 cm³/mol. The molecular formula is C8H10Cl2N2O3. The van der Waals surface area contributed by atoms with E-state index in [4.69, 9.17) is 28.3 Å². The Morgan fingerprint density at radius 3 is 2.93 bits per heavy atom. The van der Waals surface area contributed by atoms with Crippen LogP contribution in [0.1, 0.15) is 0 Å². The number of amides is 1. The number of nitrogens with one attached hydrogen (secondary N) is 1. The molecular weight excluding hydrogens is 243 g/mol. The quantitative estimate of drug-likeness (QED) is 0.753. The molecule has 1 fully saturated rings. The second-order valence-corrected chi connectivity index (χ2v) is 3.82. The summed E-state index contributed by atoms with van der Waals surface area (Å²) in [4.78, 5) is 23.4. The lowest BCUT2D eigenvalue weighted by Gasteiger charge is -2.32. The van der Waals surface area contributed by atoms with Crippen molar-refractivity contribution in [2.75, 3.05) is 19.6 Å². The van der Waals surface area contributed by atoms with Crippen LogP contribution in [0.25, 0.3) is 0 Å². The van der Waals surface area contributed by atoms with E-state index in [1.54, 1.807) is 0 Å². The number of nitrogens with zero attached hydrogens (tertiary/aromatic N) is 1. The van der Waals surface area contributed by atoms with Gasteiger partial charge in [-0.15, -0.1) is 0 Å². The number of hydrogen-bond acceptors (Lipinski definition) is 3. The van der Waals surface area contributed by atoms with Crippen molar-refractivity contribution in [1.82, 2.24) is 10.2 Å². The van der Waals surface area contributed by atoms with E-state index in [9.17, 15) is 9.59 Å². The van der Waals surface area contributed by atoms with E-state index in [2.05, 4.69) is 5.32 Å². The molecule has 0 aliphatic carbocycles. The second-order valence-electron chi connectivity index (χ2n) is 3.12. The molecule has 7 heteroatoms. The minimum atomic E-state index is -0.992. The Morgan fingerprint density at radius 1 is 1.73 bits per heavy atom. The lowest BCUT2D eigenvalue weighted by atomic mass is 10.2. The Balaban J connectivity index is 2.70. The van der Waals surface area contributed by atoms with Gasteiger partial charge in [-0.3, -0.25) is 14.5 Å². The Kier molecular flexibility index (Phi) is 4.38. The summed E-state index contributed by atoms with van der Waals surface area (Å²) in [5.41, 5.74) is 1.16. The van der Waals surface area contributed by atoms with E-state index in [1.807, 2.05) is 0 Å². The number of hydrogen-bond donors (Lipinski definition) is 2. The molecule has 0 saturated carbocycles. The molecule has 1 rings (SSSR count). The van der Waals surface area contributed by atoms with Crippen LogP contribution in [-0.4, -0.2) is 47.6 Å². The highest BCUT2D eigenvalue weighted by molar-refractivity contribution is 6.36. The van der Waals surface area contributed by atoms with Crippen LogP contribution in [0.4, 0.5) is 0 Å². The summed E-state index contributed by atoms with van der Waals surface area (Å²) >= 11 is 11.0. The van der Waals surface area contributed by atoms with Gasteiger partial charge >= 0.3 is 5.97 Å². The first-order chi connectivity index (χ1) is 7.04. The molecule has 0 radical (unpaired) electrons. The largest absolute Gasteiger partial charge is 0.480 e. The Bertz CT molecular complexity index is 306. The summed E-state index contributed by atoms with van der Waals surface area (Å²) < 4.78 is 0. The van der Waals surface area contributed by atoms with Crippen molar-refractivity contribution >= 4 is 35.1 Å². The predicted octanol–water partition coefficient (Wildman–Crippen LogP) is 0.190. The maximum absolute atomic E-state index is 11.1. The zero-order valence-corrected chi connectivity index (χ0v) is 9.25. The summed E-state index contributed by atoms with van der Waals surface area (Å²) in [5, 5.41) is 11.7. The number of carboxylic acid groups (broad SMARTS) is 1. The normalized spacial score (nSPS) is 23.7. The third-order valence-electron chi connectivity index (χ3n) is 2.04.